The molecule has 1 N–H and O–H groups in total. The summed E-state index contributed by atoms with van der Waals surface area (Å²) in [5, 5.41) is 28.8. The van der Waals surface area contributed by atoms with Crippen molar-refractivity contribution in [3.05, 3.63) is 74.0 Å². The van der Waals surface area contributed by atoms with E-state index in [-0.39, 0.29) is 41.7 Å². The van der Waals surface area contributed by atoms with E-state index >= 15 is 0 Å². The van der Waals surface area contributed by atoms with Gasteiger partial charge in [0.05, 0.1) is 35.3 Å². The lowest BCUT2D eigenvalue weighted by atomic mass is 10.1. The summed E-state index contributed by atoms with van der Waals surface area (Å²) in [5.74, 6) is 0.0775. The van der Waals surface area contributed by atoms with Gasteiger partial charge < -0.3 is 14.8 Å². The largest absolute Gasteiger partial charge is 0.475 e. The topological polar surface area (TPSA) is 152 Å². The van der Waals surface area contributed by atoms with Crippen molar-refractivity contribution in [2.75, 3.05) is 12.4 Å². The predicted octanol–water partition coefficient (Wildman–Crippen LogP) is 4.15. The minimum atomic E-state index is -0.636. The zero-order chi connectivity index (χ0) is 24.1. The van der Waals surface area contributed by atoms with Crippen LogP contribution in [0.25, 0.3) is 0 Å². The second-order valence-corrected chi connectivity index (χ2v) is 7.24. The van der Waals surface area contributed by atoms with Gasteiger partial charge in [-0.2, -0.15) is 0 Å². The molecule has 0 fully saturated rings. The van der Waals surface area contributed by atoms with Crippen LogP contribution in [-0.2, 0) is 11.3 Å². The molecule has 0 atom stereocenters. The van der Waals surface area contributed by atoms with Gasteiger partial charge in [-0.15, -0.1) is 5.10 Å². The number of amides is 1. The van der Waals surface area contributed by atoms with Crippen molar-refractivity contribution in [3.63, 3.8) is 0 Å². The lowest BCUT2D eigenvalue weighted by molar-refractivity contribution is -0.385. The molecule has 3 aromatic rings. The molecule has 172 valence electrons. The smallest absolute Gasteiger partial charge is 0.350 e. The number of anilines is 1. The third-order valence-corrected chi connectivity index (χ3v) is 4.48. The summed E-state index contributed by atoms with van der Waals surface area (Å²) in [4.78, 5) is 33.5. The molecule has 1 amide bonds. The number of nitro benzene ring substituents is 1. The lowest BCUT2D eigenvalue weighted by Crippen LogP contribution is -2.15. The molecule has 0 aliphatic carbocycles. The Labute approximate surface area is 188 Å². The van der Waals surface area contributed by atoms with Crippen LogP contribution in [0.2, 0.25) is 0 Å². The first-order valence-corrected chi connectivity index (χ1v) is 9.76. The van der Waals surface area contributed by atoms with Crippen molar-refractivity contribution in [1.82, 2.24) is 9.78 Å². The predicted molar refractivity (Wildman–Crippen MR) is 118 cm³/mol. The van der Waals surface area contributed by atoms with Gasteiger partial charge in [0.25, 0.3) is 5.69 Å². The van der Waals surface area contributed by atoms with Crippen LogP contribution in [0.15, 0.2) is 42.6 Å². The third kappa shape index (κ3) is 6.03. The van der Waals surface area contributed by atoms with E-state index in [1.807, 2.05) is 19.9 Å². The quantitative estimate of drug-likeness (QED) is 0.373. The van der Waals surface area contributed by atoms with Crippen LogP contribution < -0.4 is 14.8 Å². The Morgan fingerprint density at radius 1 is 1.03 bits per heavy atom. The summed E-state index contributed by atoms with van der Waals surface area (Å²) in [5.41, 5.74) is 1.56. The van der Waals surface area contributed by atoms with Crippen LogP contribution in [-0.4, -0.2) is 32.6 Å². The number of aryl methyl sites for hydroxylation is 3. The number of hydrogen-bond acceptors (Lipinski definition) is 8. The first-order chi connectivity index (χ1) is 15.6. The number of carbonyl (C=O) groups is 1. The Hall–Kier alpha value is -4.48. The van der Waals surface area contributed by atoms with Crippen molar-refractivity contribution in [1.29, 1.82) is 0 Å². The van der Waals surface area contributed by atoms with Gasteiger partial charge in [-0.1, -0.05) is 6.07 Å². The van der Waals surface area contributed by atoms with Crippen molar-refractivity contribution in [3.8, 4) is 17.4 Å². The monoisotopic (exact) mass is 455 g/mol. The van der Waals surface area contributed by atoms with Gasteiger partial charge >= 0.3 is 11.6 Å². The Bertz CT molecular complexity index is 1200. The lowest BCUT2D eigenvalue weighted by Gasteiger charge is -2.11. The molecule has 0 aliphatic rings. The number of rotatable bonds is 9. The van der Waals surface area contributed by atoms with E-state index in [9.17, 15) is 25.0 Å². The minimum Gasteiger partial charge on any atom is -0.475 e. The van der Waals surface area contributed by atoms with Gasteiger partial charge in [0, 0.05) is 18.6 Å². The number of nitrogens with one attached hydrogen (secondary N) is 1. The highest BCUT2D eigenvalue weighted by Gasteiger charge is 2.20. The van der Waals surface area contributed by atoms with Crippen LogP contribution in [0.3, 0.4) is 0 Å². The maximum atomic E-state index is 12.4. The van der Waals surface area contributed by atoms with Crippen molar-refractivity contribution < 1.29 is 24.1 Å². The molecule has 1 heterocycles. The average Bonchev–Trinajstić information content (AvgIpc) is 3.15. The fourth-order valence-electron chi connectivity index (χ4n) is 3.17. The van der Waals surface area contributed by atoms with Crippen LogP contribution in [0, 0.1) is 34.1 Å². The van der Waals surface area contributed by atoms with Gasteiger partial charge in [-0.3, -0.25) is 29.7 Å². The van der Waals surface area contributed by atoms with Crippen LogP contribution in [0.5, 0.6) is 17.4 Å². The van der Waals surface area contributed by atoms with Crippen molar-refractivity contribution in [2.45, 2.75) is 26.8 Å². The Balaban J connectivity index is 1.73. The summed E-state index contributed by atoms with van der Waals surface area (Å²) in [6.07, 6.45) is 1.08. The molecule has 0 saturated heterocycles. The van der Waals surface area contributed by atoms with E-state index in [4.69, 9.17) is 9.47 Å². The first-order valence-electron chi connectivity index (χ1n) is 9.76. The molecule has 12 nitrogen and oxygen atoms in total. The number of ether oxygens (including phenoxy) is 2. The molecule has 1 aromatic heterocycles. The van der Waals surface area contributed by atoms with Crippen LogP contribution in [0.4, 0.5) is 17.1 Å². The fraction of sp³-hybridized carbons (Fsp3) is 0.238. The summed E-state index contributed by atoms with van der Waals surface area (Å²) >= 11 is 0. The second kappa shape index (κ2) is 9.77. The summed E-state index contributed by atoms with van der Waals surface area (Å²) in [6, 6.07) is 9.51. The Morgan fingerprint density at radius 2 is 1.70 bits per heavy atom. The van der Waals surface area contributed by atoms with Crippen LogP contribution in [0.1, 0.15) is 17.5 Å². The van der Waals surface area contributed by atoms with E-state index in [1.54, 1.807) is 12.1 Å². The molecule has 33 heavy (non-hydrogen) atoms. The Kier molecular flexibility index (Phi) is 6.86. The zero-order valence-corrected chi connectivity index (χ0v) is 18.1. The summed E-state index contributed by atoms with van der Waals surface area (Å²) < 4.78 is 11.9. The van der Waals surface area contributed by atoms with Gasteiger partial charge in [0.2, 0.25) is 5.91 Å². The standard InChI is InChI=1S/C21H21N5O7/c1-13-6-14(2)8-17(7-13)33-18-10-15(9-16(11-18)25(28)29)22-20(27)4-5-24-12-19(26(30)31)21(23-24)32-3/h6-12H,4-5H2,1-3H3,(H,22,27). The number of carbonyl (C=O) groups excluding carboxylic acids is 1. The minimum absolute atomic E-state index is 0.0386. The molecule has 3 rings (SSSR count). The van der Waals surface area contributed by atoms with E-state index in [0.717, 1.165) is 17.3 Å². The number of hydrogen-bond donors (Lipinski definition) is 1. The number of nitrogens with zero attached hydrogens (tertiary/aromatic N) is 4. The molecule has 0 radical (unpaired) electrons. The normalized spacial score (nSPS) is 10.5. The molecule has 0 unspecified atom stereocenters. The zero-order valence-electron chi connectivity index (χ0n) is 18.1. The maximum absolute atomic E-state index is 12.4. The molecular formula is C21H21N5O7. The van der Waals surface area contributed by atoms with Gasteiger partial charge in [0.15, 0.2) is 0 Å². The molecule has 12 heteroatoms. The highest BCUT2D eigenvalue weighted by atomic mass is 16.6. The molecule has 2 aromatic carbocycles. The SMILES string of the molecule is COc1nn(CCC(=O)Nc2cc(Oc3cc(C)cc(C)c3)cc([N+](=O)[O-])c2)cc1[N+](=O)[O-]. The average molecular weight is 455 g/mol. The second-order valence-electron chi connectivity index (χ2n) is 7.24. The van der Waals surface area contributed by atoms with Crippen molar-refractivity contribution in [2.24, 2.45) is 0 Å². The first kappa shape index (κ1) is 23.2. The van der Waals surface area contributed by atoms with E-state index < -0.39 is 15.8 Å². The van der Waals surface area contributed by atoms with Gasteiger partial charge in [0.1, 0.15) is 17.7 Å². The van der Waals surface area contributed by atoms with Crippen molar-refractivity contribution >= 4 is 23.0 Å². The molecule has 0 bridgehead atoms. The van der Waals surface area contributed by atoms with Crippen LogP contribution >= 0.6 is 0 Å². The molecule has 0 spiro atoms. The van der Waals surface area contributed by atoms with E-state index in [0.29, 0.717) is 5.75 Å². The number of nitro groups is 2. The fourth-order valence-corrected chi connectivity index (χ4v) is 3.17. The summed E-state index contributed by atoms with van der Waals surface area (Å²) in [6.45, 7) is 3.85. The molecule has 0 saturated carbocycles. The number of aromatic nitrogens is 2. The summed E-state index contributed by atoms with van der Waals surface area (Å²) in [7, 11) is 1.26. The highest BCUT2D eigenvalue weighted by Crippen LogP contribution is 2.31. The Morgan fingerprint density at radius 3 is 2.27 bits per heavy atom. The number of methoxy groups -OCH3 is 1. The third-order valence-electron chi connectivity index (χ3n) is 4.48. The number of non-ortho nitro benzene ring substituents is 1. The number of benzene rings is 2. The van der Waals surface area contributed by atoms with Gasteiger partial charge in [-0.05, 0) is 37.1 Å². The highest BCUT2D eigenvalue weighted by molar-refractivity contribution is 5.91. The van der Waals surface area contributed by atoms with E-state index in [2.05, 4.69) is 10.4 Å². The maximum Gasteiger partial charge on any atom is 0.350 e. The molecule has 0 aliphatic heterocycles. The van der Waals surface area contributed by atoms with Gasteiger partial charge in [-0.25, -0.2) is 0 Å². The van der Waals surface area contributed by atoms with E-state index in [1.165, 1.54) is 30.0 Å². The molecular weight excluding hydrogens is 434 g/mol.